The van der Waals surface area contributed by atoms with Crippen LogP contribution in [0.15, 0.2) is 59.8 Å². The van der Waals surface area contributed by atoms with Crippen LogP contribution < -0.4 is 10.5 Å². The number of amides is 1. The first-order chi connectivity index (χ1) is 12.1. The highest BCUT2D eigenvalue weighted by Crippen LogP contribution is 2.17. The highest BCUT2D eigenvalue weighted by Gasteiger charge is 2.20. The Morgan fingerprint density at radius 3 is 2.60 bits per heavy atom. The minimum atomic E-state index is -0.342. The quantitative estimate of drug-likeness (QED) is 0.771. The standard InChI is InChI=1S/C18H19N5O2/c1-13(2)23(15-7-4-3-5-8-15)16(24)11-14-12-19-18(21-17(14)25)22-10-6-9-20-22/h3-10,12-13H,11H2,1-2H3,(H,19,21,25). The van der Waals surface area contributed by atoms with Crippen molar-refractivity contribution >= 4 is 11.6 Å². The zero-order chi connectivity index (χ0) is 17.8. The van der Waals surface area contributed by atoms with Crippen molar-refractivity contribution in [2.24, 2.45) is 0 Å². The van der Waals surface area contributed by atoms with Gasteiger partial charge >= 0.3 is 0 Å². The number of aromatic nitrogens is 4. The number of rotatable bonds is 5. The van der Waals surface area contributed by atoms with Crippen molar-refractivity contribution in [1.29, 1.82) is 0 Å². The van der Waals surface area contributed by atoms with Gasteiger partial charge in [-0.3, -0.25) is 14.6 Å². The molecule has 1 N–H and O–H groups in total. The third-order valence-corrected chi connectivity index (χ3v) is 3.74. The zero-order valence-corrected chi connectivity index (χ0v) is 14.1. The van der Waals surface area contributed by atoms with Gasteiger partial charge in [0, 0.05) is 35.9 Å². The van der Waals surface area contributed by atoms with Crippen molar-refractivity contribution in [2.45, 2.75) is 26.3 Å². The van der Waals surface area contributed by atoms with E-state index in [4.69, 9.17) is 0 Å². The van der Waals surface area contributed by atoms with E-state index >= 15 is 0 Å². The number of carbonyl (C=O) groups is 1. The Morgan fingerprint density at radius 2 is 2.00 bits per heavy atom. The molecule has 7 nitrogen and oxygen atoms in total. The Morgan fingerprint density at radius 1 is 1.24 bits per heavy atom. The molecule has 3 rings (SSSR count). The van der Waals surface area contributed by atoms with Gasteiger partial charge in [0.2, 0.25) is 11.9 Å². The molecule has 3 aromatic rings. The van der Waals surface area contributed by atoms with E-state index in [0.717, 1.165) is 5.69 Å². The first-order valence-corrected chi connectivity index (χ1v) is 8.01. The van der Waals surface area contributed by atoms with Crippen LogP contribution >= 0.6 is 0 Å². The largest absolute Gasteiger partial charge is 0.310 e. The highest BCUT2D eigenvalue weighted by atomic mass is 16.2. The van der Waals surface area contributed by atoms with Gasteiger partial charge < -0.3 is 4.90 Å². The first-order valence-electron chi connectivity index (χ1n) is 8.01. The Labute approximate surface area is 144 Å². The summed E-state index contributed by atoms with van der Waals surface area (Å²) >= 11 is 0. The zero-order valence-electron chi connectivity index (χ0n) is 14.1. The number of aromatic amines is 1. The van der Waals surface area contributed by atoms with Gasteiger partial charge in [-0.1, -0.05) is 18.2 Å². The monoisotopic (exact) mass is 337 g/mol. The Bertz CT molecular complexity index is 901. The summed E-state index contributed by atoms with van der Waals surface area (Å²) in [4.78, 5) is 33.6. The molecule has 2 aromatic heterocycles. The van der Waals surface area contributed by atoms with E-state index in [1.54, 1.807) is 23.4 Å². The molecule has 0 aliphatic carbocycles. The molecule has 0 spiro atoms. The van der Waals surface area contributed by atoms with E-state index in [0.29, 0.717) is 11.5 Å². The van der Waals surface area contributed by atoms with Crippen LogP contribution in [-0.4, -0.2) is 31.7 Å². The van der Waals surface area contributed by atoms with Crippen LogP contribution in [0.25, 0.3) is 5.95 Å². The molecule has 0 saturated heterocycles. The van der Waals surface area contributed by atoms with Crippen LogP contribution in [0.4, 0.5) is 5.69 Å². The lowest BCUT2D eigenvalue weighted by atomic mass is 10.1. The lowest BCUT2D eigenvalue weighted by Gasteiger charge is -2.26. The average Bonchev–Trinajstić information content (AvgIpc) is 3.12. The maximum absolute atomic E-state index is 12.7. The number of benzene rings is 1. The number of para-hydroxylation sites is 1. The number of hydrogen-bond acceptors (Lipinski definition) is 4. The van der Waals surface area contributed by atoms with Gasteiger partial charge in [-0.05, 0) is 32.0 Å². The molecule has 2 heterocycles. The van der Waals surface area contributed by atoms with Crippen molar-refractivity contribution in [3.63, 3.8) is 0 Å². The molecule has 1 aromatic carbocycles. The third-order valence-electron chi connectivity index (χ3n) is 3.74. The summed E-state index contributed by atoms with van der Waals surface area (Å²) in [5, 5.41) is 4.02. The fourth-order valence-corrected chi connectivity index (χ4v) is 2.62. The maximum atomic E-state index is 12.7. The molecule has 25 heavy (non-hydrogen) atoms. The van der Waals surface area contributed by atoms with Gasteiger partial charge in [0.25, 0.3) is 5.56 Å². The predicted octanol–water partition coefficient (Wildman–Crippen LogP) is 1.94. The van der Waals surface area contributed by atoms with Gasteiger partial charge in [0.1, 0.15) is 0 Å². The molecule has 0 saturated carbocycles. The summed E-state index contributed by atoms with van der Waals surface area (Å²) in [6.45, 7) is 3.88. The molecule has 7 heteroatoms. The SMILES string of the molecule is CC(C)N(C(=O)Cc1cnc(-n2cccn2)[nH]c1=O)c1ccccc1. The van der Waals surface area contributed by atoms with Crippen LogP contribution in [0.5, 0.6) is 0 Å². The molecule has 0 unspecified atom stereocenters. The summed E-state index contributed by atoms with van der Waals surface area (Å²) in [5.41, 5.74) is 0.785. The highest BCUT2D eigenvalue weighted by molar-refractivity contribution is 5.95. The summed E-state index contributed by atoms with van der Waals surface area (Å²) in [7, 11) is 0. The van der Waals surface area contributed by atoms with Gasteiger partial charge in [-0.2, -0.15) is 5.10 Å². The second-order valence-corrected chi connectivity index (χ2v) is 5.88. The second-order valence-electron chi connectivity index (χ2n) is 5.88. The fourth-order valence-electron chi connectivity index (χ4n) is 2.62. The van der Waals surface area contributed by atoms with E-state index in [-0.39, 0.29) is 23.9 Å². The molecule has 0 radical (unpaired) electrons. The van der Waals surface area contributed by atoms with E-state index in [2.05, 4.69) is 15.1 Å². The fraction of sp³-hybridized carbons (Fsp3) is 0.222. The van der Waals surface area contributed by atoms with Gasteiger partial charge in [0.15, 0.2) is 0 Å². The summed E-state index contributed by atoms with van der Waals surface area (Å²) in [6, 6.07) is 11.1. The number of H-pyrrole nitrogens is 1. The smallest absolute Gasteiger partial charge is 0.256 e. The Hall–Kier alpha value is -3.22. The van der Waals surface area contributed by atoms with Crippen molar-refractivity contribution in [2.75, 3.05) is 4.90 Å². The topological polar surface area (TPSA) is 83.9 Å². The van der Waals surface area contributed by atoms with Gasteiger partial charge in [-0.25, -0.2) is 9.67 Å². The van der Waals surface area contributed by atoms with E-state index in [9.17, 15) is 9.59 Å². The van der Waals surface area contributed by atoms with Crippen LogP contribution in [-0.2, 0) is 11.2 Å². The third kappa shape index (κ3) is 3.65. The summed E-state index contributed by atoms with van der Waals surface area (Å²) < 4.78 is 1.46. The molecule has 0 aliphatic heterocycles. The van der Waals surface area contributed by atoms with E-state index in [1.807, 2.05) is 44.2 Å². The van der Waals surface area contributed by atoms with Crippen LogP contribution in [0.2, 0.25) is 0 Å². The number of carbonyl (C=O) groups excluding carboxylic acids is 1. The first kappa shape index (κ1) is 16.6. The summed E-state index contributed by atoms with van der Waals surface area (Å²) in [5.74, 6) is 0.162. The molecule has 0 bridgehead atoms. The van der Waals surface area contributed by atoms with Crippen molar-refractivity contribution < 1.29 is 4.79 Å². The number of anilines is 1. The molecular formula is C18H19N5O2. The van der Waals surface area contributed by atoms with Crippen molar-refractivity contribution in [3.8, 4) is 5.95 Å². The van der Waals surface area contributed by atoms with Gasteiger partial charge in [-0.15, -0.1) is 0 Å². The van der Waals surface area contributed by atoms with Crippen LogP contribution in [0.3, 0.4) is 0 Å². The van der Waals surface area contributed by atoms with Crippen molar-refractivity contribution in [1.82, 2.24) is 19.7 Å². The Kier molecular flexibility index (Phi) is 4.74. The van der Waals surface area contributed by atoms with Gasteiger partial charge in [0.05, 0.1) is 6.42 Å². The maximum Gasteiger partial charge on any atom is 0.256 e. The second kappa shape index (κ2) is 7.12. The Balaban J connectivity index is 1.83. The molecule has 0 fully saturated rings. The van der Waals surface area contributed by atoms with Crippen LogP contribution in [0, 0.1) is 0 Å². The van der Waals surface area contributed by atoms with Crippen LogP contribution in [0.1, 0.15) is 19.4 Å². The number of nitrogens with one attached hydrogen (secondary N) is 1. The minimum Gasteiger partial charge on any atom is -0.310 e. The van der Waals surface area contributed by atoms with Crippen molar-refractivity contribution in [3.05, 3.63) is 70.9 Å². The molecule has 128 valence electrons. The van der Waals surface area contributed by atoms with E-state index < -0.39 is 0 Å². The lowest BCUT2D eigenvalue weighted by molar-refractivity contribution is -0.118. The predicted molar refractivity (Wildman–Crippen MR) is 94.7 cm³/mol. The average molecular weight is 337 g/mol. The normalized spacial score (nSPS) is 10.8. The molecule has 0 atom stereocenters. The lowest BCUT2D eigenvalue weighted by Crippen LogP contribution is -2.39. The number of hydrogen-bond donors (Lipinski definition) is 1. The molecule has 1 amide bonds. The van der Waals surface area contributed by atoms with E-state index in [1.165, 1.54) is 10.9 Å². The molecule has 0 aliphatic rings. The molecular weight excluding hydrogens is 318 g/mol. The summed E-state index contributed by atoms with van der Waals surface area (Å²) in [6.07, 6.45) is 4.68. The minimum absolute atomic E-state index is 0.0191. The number of nitrogens with zero attached hydrogens (tertiary/aromatic N) is 4.